The van der Waals surface area contributed by atoms with Crippen LogP contribution in [0.1, 0.15) is 5.56 Å². The van der Waals surface area contributed by atoms with E-state index in [0.29, 0.717) is 10.7 Å². The zero-order chi connectivity index (χ0) is 13.1. The van der Waals surface area contributed by atoms with Crippen LogP contribution in [0.4, 0.5) is 10.5 Å². The standard InChI is InChI=1S/C12H12ClN3O2/c1-8-6-14-16(7-8)11-4-3-9(5-10(11)13)15-12(17)18-2/h3-7H,1-2H3,(H,15,17). The van der Waals surface area contributed by atoms with Gasteiger partial charge in [0.2, 0.25) is 0 Å². The van der Waals surface area contributed by atoms with Gasteiger partial charge >= 0.3 is 6.09 Å². The van der Waals surface area contributed by atoms with Crippen molar-refractivity contribution in [2.75, 3.05) is 12.4 Å². The number of carbonyl (C=O) groups is 1. The quantitative estimate of drug-likeness (QED) is 0.908. The van der Waals surface area contributed by atoms with E-state index in [-0.39, 0.29) is 0 Å². The van der Waals surface area contributed by atoms with E-state index in [9.17, 15) is 4.79 Å². The van der Waals surface area contributed by atoms with Crippen LogP contribution in [0.5, 0.6) is 0 Å². The Kier molecular flexibility index (Phi) is 3.53. The predicted octanol–water partition coefficient (Wildman–Crippen LogP) is 3.01. The molecule has 1 aromatic carbocycles. The smallest absolute Gasteiger partial charge is 0.411 e. The Morgan fingerprint density at radius 3 is 2.83 bits per heavy atom. The first kappa shape index (κ1) is 12.4. The number of nitrogens with zero attached hydrogens (tertiary/aromatic N) is 2. The Morgan fingerprint density at radius 1 is 1.50 bits per heavy atom. The average Bonchev–Trinajstić information content (AvgIpc) is 2.75. The molecule has 0 radical (unpaired) electrons. The zero-order valence-electron chi connectivity index (χ0n) is 9.98. The Morgan fingerprint density at radius 2 is 2.28 bits per heavy atom. The van der Waals surface area contributed by atoms with Gasteiger partial charge in [-0.15, -0.1) is 0 Å². The molecule has 0 saturated carbocycles. The minimum absolute atomic E-state index is 0.493. The molecule has 1 aromatic heterocycles. The number of methoxy groups -OCH3 is 1. The molecular formula is C12H12ClN3O2. The molecule has 94 valence electrons. The molecule has 2 rings (SSSR count). The van der Waals surface area contributed by atoms with E-state index in [2.05, 4.69) is 15.2 Å². The van der Waals surface area contributed by atoms with Crippen molar-refractivity contribution in [2.45, 2.75) is 6.92 Å². The number of aromatic nitrogens is 2. The Hall–Kier alpha value is -2.01. The Balaban J connectivity index is 2.28. The highest BCUT2D eigenvalue weighted by Gasteiger charge is 2.07. The van der Waals surface area contributed by atoms with Gasteiger partial charge in [0.15, 0.2) is 0 Å². The number of nitrogens with one attached hydrogen (secondary N) is 1. The first-order valence-electron chi connectivity index (χ1n) is 5.26. The summed E-state index contributed by atoms with van der Waals surface area (Å²) in [5.41, 5.74) is 2.36. The van der Waals surface area contributed by atoms with Gasteiger partial charge in [-0.05, 0) is 30.7 Å². The first-order valence-corrected chi connectivity index (χ1v) is 5.64. The van der Waals surface area contributed by atoms with E-state index >= 15 is 0 Å². The molecule has 1 amide bonds. The number of anilines is 1. The second-order valence-electron chi connectivity index (χ2n) is 3.75. The maximum Gasteiger partial charge on any atom is 0.411 e. The van der Waals surface area contributed by atoms with Crippen molar-refractivity contribution in [3.8, 4) is 5.69 Å². The highest BCUT2D eigenvalue weighted by atomic mass is 35.5. The van der Waals surface area contributed by atoms with Crippen LogP contribution in [0, 0.1) is 6.92 Å². The number of halogens is 1. The first-order chi connectivity index (χ1) is 8.60. The highest BCUT2D eigenvalue weighted by Crippen LogP contribution is 2.24. The molecule has 5 nitrogen and oxygen atoms in total. The van der Waals surface area contributed by atoms with Gasteiger partial charge < -0.3 is 4.74 Å². The molecule has 0 bridgehead atoms. The molecule has 2 aromatic rings. The minimum atomic E-state index is -0.534. The summed E-state index contributed by atoms with van der Waals surface area (Å²) in [5, 5.41) is 7.21. The van der Waals surface area contributed by atoms with Crippen molar-refractivity contribution in [2.24, 2.45) is 0 Å². The van der Waals surface area contributed by atoms with Crippen LogP contribution in [0.25, 0.3) is 5.69 Å². The second kappa shape index (κ2) is 5.10. The number of benzene rings is 1. The fraction of sp³-hybridized carbons (Fsp3) is 0.167. The van der Waals surface area contributed by atoms with E-state index in [4.69, 9.17) is 11.6 Å². The normalized spacial score (nSPS) is 10.2. The summed E-state index contributed by atoms with van der Waals surface area (Å²) in [6, 6.07) is 5.15. The molecule has 1 heterocycles. The van der Waals surface area contributed by atoms with Gasteiger partial charge in [0.1, 0.15) is 0 Å². The molecule has 0 aliphatic rings. The fourth-order valence-electron chi connectivity index (χ4n) is 1.48. The average molecular weight is 266 g/mol. The molecule has 0 saturated heterocycles. The van der Waals surface area contributed by atoms with Gasteiger partial charge in [-0.25, -0.2) is 9.48 Å². The number of carbonyl (C=O) groups excluding carboxylic acids is 1. The van der Waals surface area contributed by atoms with Gasteiger partial charge in [0.25, 0.3) is 0 Å². The second-order valence-corrected chi connectivity index (χ2v) is 4.15. The largest absolute Gasteiger partial charge is 0.453 e. The molecule has 0 aliphatic heterocycles. The van der Waals surface area contributed by atoms with Crippen LogP contribution < -0.4 is 5.32 Å². The number of hydrogen-bond acceptors (Lipinski definition) is 3. The Labute approximate surface area is 109 Å². The van der Waals surface area contributed by atoms with Gasteiger partial charge in [0, 0.05) is 11.9 Å². The molecule has 0 fully saturated rings. The number of aryl methyl sites for hydroxylation is 1. The van der Waals surface area contributed by atoms with E-state index < -0.39 is 6.09 Å². The molecule has 0 atom stereocenters. The predicted molar refractivity (Wildman–Crippen MR) is 69.3 cm³/mol. The van der Waals surface area contributed by atoms with Crippen molar-refractivity contribution in [1.29, 1.82) is 0 Å². The van der Waals surface area contributed by atoms with Gasteiger partial charge in [0.05, 0.1) is 24.0 Å². The van der Waals surface area contributed by atoms with Gasteiger partial charge in [-0.2, -0.15) is 5.10 Å². The number of ether oxygens (including phenoxy) is 1. The summed E-state index contributed by atoms with van der Waals surface area (Å²) in [6.45, 7) is 1.95. The summed E-state index contributed by atoms with van der Waals surface area (Å²) >= 11 is 6.15. The summed E-state index contributed by atoms with van der Waals surface area (Å²) in [7, 11) is 1.30. The summed E-state index contributed by atoms with van der Waals surface area (Å²) in [6.07, 6.45) is 3.08. The van der Waals surface area contributed by atoms with Crippen LogP contribution in [0.3, 0.4) is 0 Å². The third-order valence-electron chi connectivity index (χ3n) is 2.34. The highest BCUT2D eigenvalue weighted by molar-refractivity contribution is 6.32. The molecule has 0 aliphatic carbocycles. The third-order valence-corrected chi connectivity index (χ3v) is 2.64. The summed E-state index contributed by atoms with van der Waals surface area (Å²) in [5.74, 6) is 0. The van der Waals surface area contributed by atoms with Crippen molar-refractivity contribution < 1.29 is 9.53 Å². The van der Waals surface area contributed by atoms with Crippen LogP contribution in [0.2, 0.25) is 5.02 Å². The lowest BCUT2D eigenvalue weighted by atomic mass is 10.3. The van der Waals surface area contributed by atoms with E-state index in [1.54, 1.807) is 29.1 Å². The maximum atomic E-state index is 11.1. The maximum absolute atomic E-state index is 11.1. The lowest BCUT2D eigenvalue weighted by molar-refractivity contribution is 0.187. The number of rotatable bonds is 2. The van der Waals surface area contributed by atoms with Crippen molar-refractivity contribution in [1.82, 2.24) is 9.78 Å². The van der Waals surface area contributed by atoms with Gasteiger partial charge in [-0.1, -0.05) is 11.6 Å². The molecule has 1 N–H and O–H groups in total. The third kappa shape index (κ3) is 2.62. The lowest BCUT2D eigenvalue weighted by Gasteiger charge is -2.08. The molecule has 0 spiro atoms. The molecule has 18 heavy (non-hydrogen) atoms. The van der Waals surface area contributed by atoms with Gasteiger partial charge in [-0.3, -0.25) is 5.32 Å². The number of amides is 1. The molecule has 6 heteroatoms. The fourth-order valence-corrected chi connectivity index (χ4v) is 1.75. The molecular weight excluding hydrogens is 254 g/mol. The van der Waals surface area contributed by atoms with Crippen LogP contribution >= 0.6 is 11.6 Å². The zero-order valence-corrected chi connectivity index (χ0v) is 10.7. The van der Waals surface area contributed by atoms with E-state index in [0.717, 1.165) is 11.3 Å². The molecule has 0 unspecified atom stereocenters. The SMILES string of the molecule is COC(=O)Nc1ccc(-n2cc(C)cn2)c(Cl)c1. The van der Waals surface area contributed by atoms with E-state index in [1.807, 2.05) is 13.1 Å². The van der Waals surface area contributed by atoms with Crippen LogP contribution in [0.15, 0.2) is 30.6 Å². The van der Waals surface area contributed by atoms with Crippen LogP contribution in [-0.2, 0) is 4.74 Å². The van der Waals surface area contributed by atoms with E-state index in [1.165, 1.54) is 7.11 Å². The minimum Gasteiger partial charge on any atom is -0.453 e. The monoisotopic (exact) mass is 265 g/mol. The number of hydrogen-bond donors (Lipinski definition) is 1. The van der Waals surface area contributed by atoms with Crippen molar-refractivity contribution in [3.05, 3.63) is 41.2 Å². The summed E-state index contributed by atoms with van der Waals surface area (Å²) < 4.78 is 6.18. The Bertz CT molecular complexity index is 580. The van der Waals surface area contributed by atoms with Crippen molar-refractivity contribution >= 4 is 23.4 Å². The topological polar surface area (TPSA) is 56.1 Å². The summed E-state index contributed by atoms with van der Waals surface area (Å²) in [4.78, 5) is 11.1. The van der Waals surface area contributed by atoms with Crippen molar-refractivity contribution in [3.63, 3.8) is 0 Å². The lowest BCUT2D eigenvalue weighted by Crippen LogP contribution is -2.11. The van der Waals surface area contributed by atoms with Crippen LogP contribution in [-0.4, -0.2) is 23.0 Å².